The molecule has 0 spiro atoms. The number of carbonyl (C=O) groups is 2. The van der Waals surface area contributed by atoms with Crippen LogP contribution in [0.4, 0.5) is 8.78 Å². The third kappa shape index (κ3) is 5.30. The van der Waals surface area contributed by atoms with E-state index in [1.165, 1.54) is 30.5 Å². The van der Waals surface area contributed by atoms with Gasteiger partial charge in [0.25, 0.3) is 11.8 Å². The number of pyridine rings is 1. The van der Waals surface area contributed by atoms with Crippen LogP contribution in [0.3, 0.4) is 0 Å². The van der Waals surface area contributed by atoms with Crippen molar-refractivity contribution in [1.29, 1.82) is 0 Å². The number of alkyl halides is 1. The molecule has 0 radical (unpaired) electrons. The first-order valence-corrected chi connectivity index (χ1v) is 11.2. The van der Waals surface area contributed by atoms with Gasteiger partial charge in [-0.1, -0.05) is 12.1 Å². The van der Waals surface area contributed by atoms with Crippen LogP contribution in [0.2, 0.25) is 0 Å². The molecule has 1 aromatic heterocycles. The zero-order chi connectivity index (χ0) is 22.5. The van der Waals surface area contributed by atoms with E-state index in [2.05, 4.69) is 15.6 Å². The highest BCUT2D eigenvalue weighted by Gasteiger charge is 2.30. The number of nitrogens with one attached hydrogen (secondary N) is 2. The molecule has 2 fully saturated rings. The normalized spacial score (nSPS) is 18.9. The molecule has 0 saturated carbocycles. The first kappa shape index (κ1) is 22.3. The van der Waals surface area contributed by atoms with E-state index in [4.69, 9.17) is 0 Å². The standard InChI is InChI=1S/C24H28F2N4O2/c25-19-4-1-16(2-5-19)22(26)17-9-13-30(14-10-17)24(32)18-3-6-21(28-15-18)23(31)29-20-7-11-27-12-8-20/h1-6,15,17,20,22,27H,7-14H2,(H,29,31). The van der Waals surface area contributed by atoms with Crippen LogP contribution in [0.25, 0.3) is 0 Å². The van der Waals surface area contributed by atoms with Gasteiger partial charge in [0.15, 0.2) is 0 Å². The van der Waals surface area contributed by atoms with Crippen molar-refractivity contribution in [1.82, 2.24) is 20.5 Å². The molecule has 2 aliphatic heterocycles. The molecule has 170 valence electrons. The number of likely N-dealkylation sites (tertiary alicyclic amines) is 1. The third-order valence-corrected chi connectivity index (χ3v) is 6.35. The minimum atomic E-state index is -1.17. The van der Waals surface area contributed by atoms with Crippen LogP contribution in [0, 0.1) is 11.7 Å². The minimum absolute atomic E-state index is 0.141. The van der Waals surface area contributed by atoms with E-state index in [-0.39, 0.29) is 29.6 Å². The van der Waals surface area contributed by atoms with E-state index in [0.717, 1.165) is 25.9 Å². The molecule has 2 saturated heterocycles. The Hall–Kier alpha value is -2.87. The monoisotopic (exact) mass is 442 g/mol. The Morgan fingerprint density at radius 2 is 1.72 bits per heavy atom. The number of nitrogens with zero attached hydrogens (tertiary/aromatic N) is 2. The Morgan fingerprint density at radius 3 is 2.34 bits per heavy atom. The van der Waals surface area contributed by atoms with Crippen LogP contribution in [0.1, 0.15) is 58.3 Å². The molecule has 4 rings (SSSR count). The maximum atomic E-state index is 14.8. The second-order valence-electron chi connectivity index (χ2n) is 8.51. The Balaban J connectivity index is 1.30. The Kier molecular flexibility index (Phi) is 7.09. The van der Waals surface area contributed by atoms with Gasteiger partial charge in [-0.15, -0.1) is 0 Å². The summed E-state index contributed by atoms with van der Waals surface area (Å²) < 4.78 is 27.9. The van der Waals surface area contributed by atoms with Gasteiger partial charge in [0, 0.05) is 25.3 Å². The van der Waals surface area contributed by atoms with Crippen molar-refractivity contribution >= 4 is 11.8 Å². The molecule has 8 heteroatoms. The van der Waals surface area contributed by atoms with Crippen LogP contribution in [0.15, 0.2) is 42.6 Å². The van der Waals surface area contributed by atoms with Gasteiger partial charge in [-0.25, -0.2) is 8.78 Å². The number of piperidine rings is 2. The number of aromatic nitrogens is 1. The van der Waals surface area contributed by atoms with Gasteiger partial charge in [0.2, 0.25) is 0 Å². The van der Waals surface area contributed by atoms with Gasteiger partial charge < -0.3 is 15.5 Å². The lowest BCUT2D eigenvalue weighted by Crippen LogP contribution is -2.43. The second-order valence-corrected chi connectivity index (χ2v) is 8.51. The summed E-state index contributed by atoms with van der Waals surface area (Å²) in [5.41, 5.74) is 1.18. The predicted octanol–water partition coefficient (Wildman–Crippen LogP) is 3.27. The Morgan fingerprint density at radius 1 is 1.03 bits per heavy atom. The highest BCUT2D eigenvalue weighted by Crippen LogP contribution is 2.34. The van der Waals surface area contributed by atoms with Crippen molar-refractivity contribution < 1.29 is 18.4 Å². The van der Waals surface area contributed by atoms with Gasteiger partial charge in [-0.3, -0.25) is 14.6 Å². The number of halogens is 2. The molecular weight excluding hydrogens is 414 g/mol. The molecule has 2 aromatic rings. The summed E-state index contributed by atoms with van der Waals surface area (Å²) >= 11 is 0. The third-order valence-electron chi connectivity index (χ3n) is 6.35. The number of rotatable bonds is 5. The smallest absolute Gasteiger partial charge is 0.270 e. The van der Waals surface area contributed by atoms with Crippen LogP contribution >= 0.6 is 0 Å². The van der Waals surface area contributed by atoms with Crippen molar-refractivity contribution in [2.24, 2.45) is 5.92 Å². The van der Waals surface area contributed by atoms with E-state index < -0.39 is 6.17 Å². The topological polar surface area (TPSA) is 74.3 Å². The van der Waals surface area contributed by atoms with Crippen LogP contribution in [0.5, 0.6) is 0 Å². The lowest BCUT2D eigenvalue weighted by molar-refractivity contribution is 0.0629. The van der Waals surface area contributed by atoms with Gasteiger partial charge in [0.05, 0.1) is 5.56 Å². The Labute approximate surface area is 186 Å². The molecule has 2 aliphatic rings. The van der Waals surface area contributed by atoms with Crippen molar-refractivity contribution in [2.45, 2.75) is 37.9 Å². The van der Waals surface area contributed by atoms with Gasteiger partial charge >= 0.3 is 0 Å². The van der Waals surface area contributed by atoms with Gasteiger partial charge in [0.1, 0.15) is 17.7 Å². The van der Waals surface area contributed by atoms with Crippen molar-refractivity contribution in [3.63, 3.8) is 0 Å². The SMILES string of the molecule is O=C(NC1CCNCC1)c1ccc(C(=O)N2CCC(C(F)c3ccc(F)cc3)CC2)cn1. The molecule has 1 aromatic carbocycles. The Bertz CT molecular complexity index is 922. The summed E-state index contributed by atoms with van der Waals surface area (Å²) in [5, 5.41) is 6.24. The number of benzene rings is 1. The van der Waals surface area contributed by atoms with Gasteiger partial charge in [-0.2, -0.15) is 0 Å². The zero-order valence-electron chi connectivity index (χ0n) is 17.9. The molecule has 0 bridgehead atoms. The molecule has 3 heterocycles. The number of carbonyl (C=O) groups excluding carboxylic acids is 2. The summed E-state index contributed by atoms with van der Waals surface area (Å²) in [6.07, 6.45) is 3.11. The van der Waals surface area contributed by atoms with Crippen molar-refractivity contribution in [3.8, 4) is 0 Å². The fourth-order valence-corrected chi connectivity index (χ4v) is 4.38. The highest BCUT2D eigenvalue weighted by molar-refractivity contribution is 5.96. The largest absolute Gasteiger partial charge is 0.348 e. The molecule has 32 heavy (non-hydrogen) atoms. The first-order chi connectivity index (χ1) is 15.5. The summed E-state index contributed by atoms with van der Waals surface area (Å²) in [6, 6.07) is 8.83. The maximum absolute atomic E-state index is 14.8. The number of hydrogen-bond acceptors (Lipinski definition) is 4. The maximum Gasteiger partial charge on any atom is 0.270 e. The summed E-state index contributed by atoms with van der Waals surface area (Å²) in [7, 11) is 0. The molecule has 2 N–H and O–H groups in total. The average molecular weight is 443 g/mol. The van der Waals surface area contributed by atoms with Crippen molar-refractivity contribution in [2.75, 3.05) is 26.2 Å². The molecular formula is C24H28F2N4O2. The lowest BCUT2D eigenvalue weighted by Gasteiger charge is -2.33. The van der Waals surface area contributed by atoms with Crippen LogP contribution in [-0.4, -0.2) is 53.9 Å². The zero-order valence-corrected chi connectivity index (χ0v) is 17.9. The lowest BCUT2D eigenvalue weighted by atomic mass is 9.88. The molecule has 1 atom stereocenters. The molecule has 1 unspecified atom stereocenters. The first-order valence-electron chi connectivity index (χ1n) is 11.2. The number of hydrogen-bond donors (Lipinski definition) is 2. The predicted molar refractivity (Wildman–Crippen MR) is 116 cm³/mol. The second kappa shape index (κ2) is 10.2. The van der Waals surface area contributed by atoms with E-state index in [9.17, 15) is 18.4 Å². The fraction of sp³-hybridized carbons (Fsp3) is 0.458. The number of amides is 2. The van der Waals surface area contributed by atoms with E-state index in [1.54, 1.807) is 17.0 Å². The average Bonchev–Trinajstić information content (AvgIpc) is 2.84. The van der Waals surface area contributed by atoms with E-state index >= 15 is 0 Å². The fourth-order valence-electron chi connectivity index (χ4n) is 4.38. The van der Waals surface area contributed by atoms with E-state index in [0.29, 0.717) is 42.8 Å². The highest BCUT2D eigenvalue weighted by atomic mass is 19.1. The summed E-state index contributed by atoms with van der Waals surface area (Å²) in [6.45, 7) is 2.66. The summed E-state index contributed by atoms with van der Waals surface area (Å²) in [4.78, 5) is 31.1. The quantitative estimate of drug-likeness (QED) is 0.746. The molecule has 6 nitrogen and oxygen atoms in total. The van der Waals surface area contributed by atoms with Crippen molar-refractivity contribution in [3.05, 3.63) is 65.2 Å². The molecule has 2 amide bonds. The summed E-state index contributed by atoms with van der Waals surface area (Å²) in [5.74, 6) is -0.988. The van der Waals surface area contributed by atoms with Crippen LogP contribution < -0.4 is 10.6 Å². The minimum Gasteiger partial charge on any atom is -0.348 e. The molecule has 0 aliphatic carbocycles. The van der Waals surface area contributed by atoms with Crippen LogP contribution in [-0.2, 0) is 0 Å². The van der Waals surface area contributed by atoms with Gasteiger partial charge in [-0.05, 0) is 74.5 Å². The van der Waals surface area contributed by atoms with E-state index in [1.807, 2.05) is 0 Å².